The van der Waals surface area contributed by atoms with E-state index in [-0.39, 0.29) is 27.5 Å². The Morgan fingerprint density at radius 3 is 2.58 bits per heavy atom. The summed E-state index contributed by atoms with van der Waals surface area (Å²) in [5.41, 5.74) is 0.844. The molecule has 0 unspecified atom stereocenters. The van der Waals surface area contributed by atoms with Crippen LogP contribution >= 0.6 is 11.6 Å². The molecule has 2 aromatic carbocycles. The van der Waals surface area contributed by atoms with Crippen LogP contribution in [-0.2, 0) is 9.59 Å². The van der Waals surface area contributed by atoms with E-state index in [9.17, 15) is 19.7 Å². The topological polar surface area (TPSA) is 89.8 Å². The number of carbonyl (C=O) groups is 2. The standard InChI is InChI=1S/C18H13ClN2O5/c1-10(22)20-15-7-6-12(21(24)25)9-14(15)16(18(20)23)17(19)11-4-3-5-13(8-11)26-2/h3-9H,1-2H3/b17-16+. The molecule has 1 aliphatic rings. The van der Waals surface area contributed by atoms with E-state index in [2.05, 4.69) is 0 Å². The second kappa shape index (κ2) is 6.61. The average molecular weight is 373 g/mol. The van der Waals surface area contributed by atoms with Crippen molar-refractivity contribution in [1.82, 2.24) is 0 Å². The number of methoxy groups -OCH3 is 1. The molecular weight excluding hydrogens is 360 g/mol. The first-order valence-corrected chi connectivity index (χ1v) is 7.91. The molecule has 3 rings (SSSR count). The summed E-state index contributed by atoms with van der Waals surface area (Å²) < 4.78 is 5.15. The van der Waals surface area contributed by atoms with Crippen LogP contribution in [-0.4, -0.2) is 23.8 Å². The lowest BCUT2D eigenvalue weighted by Crippen LogP contribution is -2.31. The molecule has 0 aliphatic carbocycles. The number of halogens is 1. The zero-order valence-corrected chi connectivity index (χ0v) is 14.6. The summed E-state index contributed by atoms with van der Waals surface area (Å²) in [6.45, 7) is 1.24. The number of hydrogen-bond donors (Lipinski definition) is 0. The normalized spacial score (nSPS) is 14.9. The molecule has 26 heavy (non-hydrogen) atoms. The number of nitro benzene ring substituents is 1. The maximum absolute atomic E-state index is 12.8. The van der Waals surface area contributed by atoms with Gasteiger partial charge >= 0.3 is 0 Å². The number of hydrogen-bond acceptors (Lipinski definition) is 5. The Balaban J connectivity index is 2.27. The monoisotopic (exact) mass is 372 g/mol. The van der Waals surface area contributed by atoms with Crippen LogP contribution in [0.25, 0.3) is 10.6 Å². The minimum atomic E-state index is -0.624. The molecule has 0 bridgehead atoms. The highest BCUT2D eigenvalue weighted by molar-refractivity contribution is 6.60. The quantitative estimate of drug-likeness (QED) is 0.466. The number of carbonyl (C=O) groups excluding carboxylic acids is 2. The Morgan fingerprint density at radius 1 is 1.23 bits per heavy atom. The minimum Gasteiger partial charge on any atom is -0.497 e. The van der Waals surface area contributed by atoms with Crippen molar-refractivity contribution >= 4 is 45.4 Å². The van der Waals surface area contributed by atoms with Gasteiger partial charge in [-0.1, -0.05) is 23.7 Å². The highest BCUT2D eigenvalue weighted by Gasteiger charge is 2.38. The third-order valence-corrected chi connectivity index (χ3v) is 4.38. The van der Waals surface area contributed by atoms with Crippen molar-refractivity contribution in [2.24, 2.45) is 0 Å². The first-order valence-electron chi connectivity index (χ1n) is 7.53. The van der Waals surface area contributed by atoms with Crippen LogP contribution in [0.2, 0.25) is 0 Å². The second-order valence-corrected chi connectivity index (χ2v) is 5.92. The fraction of sp³-hybridized carbons (Fsp3) is 0.111. The van der Waals surface area contributed by atoms with E-state index in [4.69, 9.17) is 16.3 Å². The number of non-ortho nitro benzene ring substituents is 1. The van der Waals surface area contributed by atoms with Gasteiger partial charge in [0.2, 0.25) is 5.91 Å². The molecule has 0 aromatic heterocycles. The van der Waals surface area contributed by atoms with E-state index < -0.39 is 16.7 Å². The van der Waals surface area contributed by atoms with Gasteiger partial charge in [-0.15, -0.1) is 0 Å². The lowest BCUT2D eigenvalue weighted by molar-refractivity contribution is -0.384. The van der Waals surface area contributed by atoms with Gasteiger partial charge in [-0.3, -0.25) is 19.7 Å². The molecule has 0 spiro atoms. The number of imide groups is 1. The van der Waals surface area contributed by atoms with Crippen molar-refractivity contribution in [3.63, 3.8) is 0 Å². The number of amides is 2. The van der Waals surface area contributed by atoms with Gasteiger partial charge in [0, 0.05) is 24.6 Å². The van der Waals surface area contributed by atoms with Crippen LogP contribution in [0.3, 0.4) is 0 Å². The molecule has 132 valence electrons. The number of anilines is 1. The Kier molecular flexibility index (Phi) is 4.48. The average Bonchev–Trinajstić information content (AvgIpc) is 2.92. The van der Waals surface area contributed by atoms with Gasteiger partial charge in [-0.05, 0) is 23.8 Å². The molecule has 0 N–H and O–H groups in total. The van der Waals surface area contributed by atoms with E-state index >= 15 is 0 Å². The van der Waals surface area contributed by atoms with Gasteiger partial charge < -0.3 is 4.74 Å². The number of fused-ring (bicyclic) bond motifs is 1. The molecule has 7 nitrogen and oxygen atoms in total. The van der Waals surface area contributed by atoms with Gasteiger partial charge in [0.05, 0.1) is 28.3 Å². The molecule has 0 fully saturated rings. The van der Waals surface area contributed by atoms with Crippen molar-refractivity contribution in [1.29, 1.82) is 0 Å². The van der Waals surface area contributed by atoms with Crippen molar-refractivity contribution in [3.8, 4) is 5.75 Å². The van der Waals surface area contributed by atoms with Crippen molar-refractivity contribution in [2.75, 3.05) is 12.0 Å². The van der Waals surface area contributed by atoms with Gasteiger partial charge in [-0.25, -0.2) is 4.90 Å². The summed E-state index contributed by atoms with van der Waals surface area (Å²) in [5.74, 6) is -0.592. The largest absolute Gasteiger partial charge is 0.497 e. The number of nitro groups is 1. The highest BCUT2D eigenvalue weighted by Crippen LogP contribution is 2.44. The predicted molar refractivity (Wildman–Crippen MR) is 96.9 cm³/mol. The number of rotatable bonds is 3. The summed E-state index contributed by atoms with van der Waals surface area (Å²) in [4.78, 5) is 36.2. The van der Waals surface area contributed by atoms with Crippen LogP contribution in [0.4, 0.5) is 11.4 Å². The molecule has 2 amide bonds. The van der Waals surface area contributed by atoms with Crippen LogP contribution in [0.15, 0.2) is 42.5 Å². The van der Waals surface area contributed by atoms with Crippen molar-refractivity contribution in [2.45, 2.75) is 6.92 Å². The second-order valence-electron chi connectivity index (χ2n) is 5.54. The first-order chi connectivity index (χ1) is 12.3. The van der Waals surface area contributed by atoms with E-state index in [1.54, 1.807) is 24.3 Å². The third kappa shape index (κ3) is 2.82. The fourth-order valence-corrected chi connectivity index (χ4v) is 3.10. The summed E-state index contributed by atoms with van der Waals surface area (Å²) in [5, 5.41) is 11.2. The Hall–Kier alpha value is -3.19. The van der Waals surface area contributed by atoms with Crippen molar-refractivity contribution in [3.05, 3.63) is 63.7 Å². The van der Waals surface area contributed by atoms with E-state index in [1.165, 1.54) is 32.2 Å². The van der Waals surface area contributed by atoms with Crippen LogP contribution in [0, 0.1) is 10.1 Å². The zero-order chi connectivity index (χ0) is 19.0. The zero-order valence-electron chi connectivity index (χ0n) is 13.9. The Bertz CT molecular complexity index is 983. The number of ether oxygens (including phenoxy) is 1. The molecule has 2 aromatic rings. The molecular formula is C18H13ClN2O5. The summed E-state index contributed by atoms with van der Waals surface area (Å²) in [7, 11) is 1.50. The summed E-state index contributed by atoms with van der Waals surface area (Å²) in [6, 6.07) is 10.6. The van der Waals surface area contributed by atoms with Crippen molar-refractivity contribution < 1.29 is 19.2 Å². The van der Waals surface area contributed by atoms with Gasteiger partial charge in [0.1, 0.15) is 5.75 Å². The number of benzene rings is 2. The molecule has 8 heteroatoms. The lowest BCUT2D eigenvalue weighted by atomic mass is 10.0. The molecule has 0 radical (unpaired) electrons. The van der Waals surface area contributed by atoms with Crippen LogP contribution in [0.5, 0.6) is 5.75 Å². The fourth-order valence-electron chi connectivity index (χ4n) is 2.80. The highest BCUT2D eigenvalue weighted by atomic mass is 35.5. The number of nitrogens with zero attached hydrogens (tertiary/aromatic N) is 2. The molecule has 1 heterocycles. The van der Waals surface area contributed by atoms with E-state index in [0.717, 1.165) is 4.90 Å². The maximum Gasteiger partial charge on any atom is 0.270 e. The Morgan fingerprint density at radius 2 is 1.96 bits per heavy atom. The molecule has 0 saturated heterocycles. The molecule has 1 aliphatic heterocycles. The van der Waals surface area contributed by atoms with Gasteiger partial charge in [-0.2, -0.15) is 0 Å². The van der Waals surface area contributed by atoms with E-state index in [1.807, 2.05) is 0 Å². The SMILES string of the molecule is COc1cccc(/C(Cl)=C2\C(=O)N(C(C)=O)c3ccc([N+](=O)[O-])cc32)c1. The lowest BCUT2D eigenvalue weighted by Gasteiger charge is -2.11. The predicted octanol–water partition coefficient (Wildman–Crippen LogP) is 3.60. The Labute approximate surface area is 153 Å². The third-order valence-electron chi connectivity index (χ3n) is 3.98. The van der Waals surface area contributed by atoms with E-state index in [0.29, 0.717) is 11.3 Å². The smallest absolute Gasteiger partial charge is 0.270 e. The van der Waals surface area contributed by atoms with Crippen LogP contribution < -0.4 is 9.64 Å². The van der Waals surface area contributed by atoms with Crippen LogP contribution in [0.1, 0.15) is 18.1 Å². The summed E-state index contributed by atoms with van der Waals surface area (Å²) >= 11 is 6.46. The minimum absolute atomic E-state index is 0.0359. The summed E-state index contributed by atoms with van der Waals surface area (Å²) in [6.07, 6.45) is 0. The molecule has 0 atom stereocenters. The van der Waals surface area contributed by atoms with Gasteiger partial charge in [0.25, 0.3) is 11.6 Å². The first kappa shape index (κ1) is 17.6. The van der Waals surface area contributed by atoms with Gasteiger partial charge in [0.15, 0.2) is 0 Å². The molecule has 0 saturated carbocycles. The maximum atomic E-state index is 12.8.